The predicted octanol–water partition coefficient (Wildman–Crippen LogP) is 2.77. The molecule has 0 saturated carbocycles. The van der Waals surface area contributed by atoms with Crippen molar-refractivity contribution >= 4 is 23.7 Å². The number of halogens is 1. The Morgan fingerprint density at radius 3 is 2.84 bits per heavy atom. The highest BCUT2D eigenvalue weighted by Crippen LogP contribution is 2.39. The quantitative estimate of drug-likeness (QED) is 0.868. The van der Waals surface area contributed by atoms with Crippen molar-refractivity contribution in [3.05, 3.63) is 53.3 Å². The van der Waals surface area contributed by atoms with E-state index in [1.165, 1.54) is 12.1 Å². The van der Waals surface area contributed by atoms with E-state index in [1.54, 1.807) is 18.2 Å². The van der Waals surface area contributed by atoms with E-state index in [4.69, 9.17) is 9.47 Å². The Morgan fingerprint density at radius 1 is 1.24 bits per heavy atom. The third-order valence-electron chi connectivity index (χ3n) is 4.35. The second-order valence-electron chi connectivity index (χ2n) is 5.86. The largest absolute Gasteiger partial charge is 0.480 e. The lowest BCUT2D eigenvalue weighted by atomic mass is 9.74. The minimum Gasteiger partial charge on any atom is -0.480 e. The van der Waals surface area contributed by atoms with Crippen molar-refractivity contribution in [1.29, 1.82) is 0 Å². The molecule has 0 saturated heterocycles. The number of carbonyl (C=O) groups is 2. The van der Waals surface area contributed by atoms with Gasteiger partial charge in [0.1, 0.15) is 5.82 Å². The minimum atomic E-state index is -1.97. The van der Waals surface area contributed by atoms with Crippen LogP contribution in [0, 0.1) is 11.2 Å². The number of hydrogen-bond donors (Lipinski definition) is 1. The van der Waals surface area contributed by atoms with Crippen molar-refractivity contribution < 1.29 is 28.6 Å². The summed E-state index contributed by atoms with van der Waals surface area (Å²) in [4.78, 5) is 28.9. The molecule has 0 fully saturated rings. The van der Waals surface area contributed by atoms with Gasteiger partial charge < -0.3 is 14.6 Å². The van der Waals surface area contributed by atoms with E-state index in [2.05, 4.69) is 4.99 Å². The second kappa shape index (κ2) is 5.41. The van der Waals surface area contributed by atoms with E-state index < -0.39 is 23.0 Å². The van der Waals surface area contributed by atoms with Crippen molar-refractivity contribution in [3.63, 3.8) is 0 Å². The van der Waals surface area contributed by atoms with Crippen LogP contribution in [0.3, 0.4) is 0 Å². The summed E-state index contributed by atoms with van der Waals surface area (Å²) in [6.07, 6.45) is 0.916. The fourth-order valence-corrected chi connectivity index (χ4v) is 3.03. The lowest BCUT2D eigenvalue weighted by Crippen LogP contribution is -2.44. The molecule has 1 unspecified atom stereocenters. The van der Waals surface area contributed by atoms with Gasteiger partial charge in [0.25, 0.3) is 0 Å². The molecular formula is C18H12FNO5. The molecule has 4 rings (SSSR count). The number of ketones is 1. The molecule has 6 nitrogen and oxygen atoms in total. The first kappa shape index (κ1) is 15.3. The van der Waals surface area contributed by atoms with Crippen LogP contribution in [0.1, 0.15) is 15.9 Å². The van der Waals surface area contributed by atoms with E-state index in [9.17, 15) is 19.1 Å². The molecule has 0 aliphatic carbocycles. The Morgan fingerprint density at radius 2 is 2.04 bits per heavy atom. The lowest BCUT2D eigenvalue weighted by molar-refractivity contribution is -0.142. The Kier molecular flexibility index (Phi) is 3.31. The summed E-state index contributed by atoms with van der Waals surface area (Å²) in [6, 6.07) is 8.92. The molecule has 7 heteroatoms. The van der Waals surface area contributed by atoms with Gasteiger partial charge in [-0.15, -0.1) is 0 Å². The van der Waals surface area contributed by atoms with Crippen LogP contribution in [0.5, 0.6) is 11.5 Å². The van der Waals surface area contributed by atoms with Gasteiger partial charge in [0.15, 0.2) is 22.7 Å². The van der Waals surface area contributed by atoms with Crippen molar-refractivity contribution in [1.82, 2.24) is 0 Å². The van der Waals surface area contributed by atoms with Crippen LogP contribution in [0.4, 0.5) is 10.1 Å². The highest BCUT2D eigenvalue weighted by Gasteiger charge is 2.49. The number of hydrogen-bond acceptors (Lipinski definition) is 5. The zero-order valence-corrected chi connectivity index (χ0v) is 12.9. The SMILES string of the molecule is O=C(O)C1(Cc2ccc3c(c2)OCO3)C=Nc2cccc(F)c2C1=O. The summed E-state index contributed by atoms with van der Waals surface area (Å²) >= 11 is 0. The molecule has 1 atom stereocenters. The highest BCUT2D eigenvalue weighted by molar-refractivity contribution is 6.26. The Hall–Kier alpha value is -3.22. The van der Waals surface area contributed by atoms with Gasteiger partial charge in [0.05, 0.1) is 11.3 Å². The van der Waals surface area contributed by atoms with Crippen LogP contribution >= 0.6 is 0 Å². The van der Waals surface area contributed by atoms with Gasteiger partial charge in [-0.05, 0) is 29.8 Å². The van der Waals surface area contributed by atoms with Crippen LogP contribution in [-0.2, 0) is 11.2 Å². The van der Waals surface area contributed by atoms with E-state index in [-0.39, 0.29) is 24.5 Å². The van der Waals surface area contributed by atoms with Crippen molar-refractivity contribution in [2.24, 2.45) is 10.4 Å². The van der Waals surface area contributed by atoms with Gasteiger partial charge in [-0.25, -0.2) is 4.39 Å². The fraction of sp³-hybridized carbons (Fsp3) is 0.167. The Bertz CT molecular complexity index is 939. The first-order valence-corrected chi connectivity index (χ1v) is 7.52. The van der Waals surface area contributed by atoms with Crippen LogP contribution in [0.15, 0.2) is 41.4 Å². The molecule has 126 valence electrons. The van der Waals surface area contributed by atoms with Crippen LogP contribution in [0.25, 0.3) is 0 Å². The number of benzene rings is 2. The second-order valence-corrected chi connectivity index (χ2v) is 5.86. The van der Waals surface area contributed by atoms with Gasteiger partial charge in [-0.3, -0.25) is 14.6 Å². The smallest absolute Gasteiger partial charge is 0.323 e. The summed E-state index contributed by atoms with van der Waals surface area (Å²) < 4.78 is 24.6. The maximum absolute atomic E-state index is 14.1. The fourth-order valence-electron chi connectivity index (χ4n) is 3.03. The average Bonchev–Trinajstić information content (AvgIpc) is 3.05. The Labute approximate surface area is 141 Å². The number of nitrogens with zero attached hydrogens (tertiary/aromatic N) is 1. The topological polar surface area (TPSA) is 85.2 Å². The molecule has 2 aliphatic heterocycles. The van der Waals surface area contributed by atoms with E-state index >= 15 is 0 Å². The van der Waals surface area contributed by atoms with Crippen molar-refractivity contribution in [3.8, 4) is 11.5 Å². The number of carboxylic acids is 1. The molecule has 0 spiro atoms. The molecule has 2 aromatic carbocycles. The zero-order valence-electron chi connectivity index (χ0n) is 12.9. The van der Waals surface area contributed by atoms with Crippen LogP contribution < -0.4 is 9.47 Å². The number of Topliss-reactive ketones (excluding diaryl/α,β-unsaturated/α-hetero) is 1. The van der Waals surface area contributed by atoms with E-state index in [0.717, 1.165) is 12.3 Å². The number of carbonyl (C=O) groups excluding carboxylic acids is 1. The molecule has 2 aromatic rings. The predicted molar refractivity (Wildman–Crippen MR) is 85.2 cm³/mol. The monoisotopic (exact) mass is 341 g/mol. The lowest BCUT2D eigenvalue weighted by Gasteiger charge is -2.28. The molecule has 2 heterocycles. The summed E-state index contributed by atoms with van der Waals surface area (Å²) in [5.41, 5.74) is -1.59. The number of ether oxygens (including phenoxy) is 2. The standard InChI is InChI=1S/C18H12FNO5/c19-11-2-1-3-12-15(11)16(21)18(8-20-12,17(22)23)7-10-4-5-13-14(6-10)25-9-24-13/h1-6,8H,7,9H2,(H,22,23). The molecule has 0 bridgehead atoms. The van der Waals surface area contributed by atoms with Gasteiger partial charge in [0.2, 0.25) is 6.79 Å². The minimum absolute atomic E-state index is 0.0852. The summed E-state index contributed by atoms with van der Waals surface area (Å²) in [5.74, 6) is -1.96. The first-order chi connectivity index (χ1) is 12.0. The summed E-state index contributed by atoms with van der Waals surface area (Å²) in [5, 5.41) is 9.74. The van der Waals surface area contributed by atoms with Gasteiger partial charge in [-0.1, -0.05) is 12.1 Å². The van der Waals surface area contributed by atoms with Gasteiger partial charge in [0, 0.05) is 12.6 Å². The molecule has 0 radical (unpaired) electrons. The van der Waals surface area contributed by atoms with Crippen LogP contribution in [0.2, 0.25) is 0 Å². The van der Waals surface area contributed by atoms with Crippen molar-refractivity contribution in [2.75, 3.05) is 6.79 Å². The molecule has 0 aromatic heterocycles. The molecule has 0 amide bonds. The zero-order chi connectivity index (χ0) is 17.6. The maximum Gasteiger partial charge on any atom is 0.323 e. The number of aliphatic carboxylic acids is 1. The molecule has 2 aliphatic rings. The average molecular weight is 341 g/mol. The normalized spacial score (nSPS) is 20.4. The number of rotatable bonds is 3. The number of fused-ring (bicyclic) bond motifs is 2. The van der Waals surface area contributed by atoms with E-state index in [1.807, 2.05) is 0 Å². The van der Waals surface area contributed by atoms with E-state index in [0.29, 0.717) is 17.1 Å². The highest BCUT2D eigenvalue weighted by atomic mass is 19.1. The summed E-state index contributed by atoms with van der Waals surface area (Å²) in [7, 11) is 0. The number of aliphatic imine (C=N–C) groups is 1. The number of carboxylic acid groups (broad SMARTS) is 1. The first-order valence-electron chi connectivity index (χ1n) is 7.52. The Balaban J connectivity index is 1.78. The molecular weight excluding hydrogens is 329 g/mol. The third kappa shape index (κ3) is 2.27. The van der Waals surface area contributed by atoms with Gasteiger partial charge in [-0.2, -0.15) is 0 Å². The molecule has 25 heavy (non-hydrogen) atoms. The van der Waals surface area contributed by atoms with Gasteiger partial charge >= 0.3 is 5.97 Å². The third-order valence-corrected chi connectivity index (χ3v) is 4.35. The summed E-state index contributed by atoms with van der Waals surface area (Å²) in [6.45, 7) is 0.0852. The van der Waals surface area contributed by atoms with Crippen LogP contribution in [-0.4, -0.2) is 29.9 Å². The van der Waals surface area contributed by atoms with Crippen molar-refractivity contribution in [2.45, 2.75) is 6.42 Å². The molecule has 1 N–H and O–H groups in total. The maximum atomic E-state index is 14.1.